The zero-order valence-corrected chi connectivity index (χ0v) is 16.0. The van der Waals surface area contributed by atoms with Crippen molar-refractivity contribution >= 4 is 22.0 Å². The van der Waals surface area contributed by atoms with E-state index in [0.29, 0.717) is 18.6 Å². The molecular weight excluding hydrogens is 411 g/mol. The maximum Gasteiger partial charge on any atom is 0.416 e. The van der Waals surface area contributed by atoms with Crippen LogP contribution in [0.2, 0.25) is 0 Å². The highest BCUT2D eigenvalue weighted by Gasteiger charge is 2.29. The molecule has 1 atom stereocenters. The van der Waals surface area contributed by atoms with Gasteiger partial charge in [-0.15, -0.1) is 0 Å². The summed E-state index contributed by atoms with van der Waals surface area (Å²) in [6, 6.07) is 12.3. The molecule has 0 bridgehead atoms. The van der Waals surface area contributed by atoms with Gasteiger partial charge in [-0.05, 0) is 48.2 Å². The van der Waals surface area contributed by atoms with Crippen LogP contribution in [0.15, 0.2) is 48.5 Å². The molecule has 0 aliphatic rings. The second kappa shape index (κ2) is 8.58. The fourth-order valence-electron chi connectivity index (χ4n) is 2.29. The van der Waals surface area contributed by atoms with E-state index in [-0.39, 0.29) is 4.83 Å². The van der Waals surface area contributed by atoms with E-state index in [4.69, 9.17) is 4.74 Å². The van der Waals surface area contributed by atoms with Crippen molar-refractivity contribution in [3.8, 4) is 5.75 Å². The Balaban J connectivity index is 1.97. The summed E-state index contributed by atoms with van der Waals surface area (Å²) < 4.78 is 43.0. The second-order valence-corrected chi connectivity index (χ2v) is 7.14. The van der Waals surface area contributed by atoms with E-state index in [1.807, 2.05) is 6.07 Å². The summed E-state index contributed by atoms with van der Waals surface area (Å²) in [7, 11) is 3.20. The highest BCUT2D eigenvalue weighted by atomic mass is 79.9. The van der Waals surface area contributed by atoms with Crippen LogP contribution in [-0.4, -0.2) is 25.1 Å². The molecule has 0 radical (unpaired) electrons. The van der Waals surface area contributed by atoms with Gasteiger partial charge in [0, 0.05) is 18.9 Å². The van der Waals surface area contributed by atoms with Crippen molar-refractivity contribution < 1.29 is 22.7 Å². The lowest BCUT2D eigenvalue weighted by Crippen LogP contribution is -2.25. The lowest BCUT2D eigenvalue weighted by Gasteiger charge is -2.14. The van der Waals surface area contributed by atoms with E-state index in [0.717, 1.165) is 23.3 Å². The Morgan fingerprint density at radius 2 is 1.81 bits per heavy atom. The second-order valence-electron chi connectivity index (χ2n) is 6.04. The Morgan fingerprint density at radius 3 is 2.38 bits per heavy atom. The van der Waals surface area contributed by atoms with Crippen LogP contribution in [0.3, 0.4) is 0 Å². The highest BCUT2D eigenvalue weighted by molar-refractivity contribution is 9.09. The largest absolute Gasteiger partial charge is 0.416 e. The minimum absolute atomic E-state index is 0.0113. The van der Waals surface area contributed by atoms with Gasteiger partial charge in [0.25, 0.3) is 0 Å². The third kappa shape index (κ3) is 5.76. The van der Waals surface area contributed by atoms with Gasteiger partial charge in [0.05, 0.1) is 5.56 Å². The molecule has 7 heteroatoms. The minimum atomic E-state index is -4.32. The van der Waals surface area contributed by atoms with Crippen LogP contribution >= 0.6 is 15.9 Å². The Bertz CT molecular complexity index is 745. The zero-order valence-electron chi connectivity index (χ0n) is 14.4. The number of alkyl halides is 4. The Labute approximate surface area is 158 Å². The molecule has 0 aromatic heterocycles. The predicted molar refractivity (Wildman–Crippen MR) is 97.6 cm³/mol. The average molecular weight is 430 g/mol. The Morgan fingerprint density at radius 1 is 1.15 bits per heavy atom. The summed E-state index contributed by atoms with van der Waals surface area (Å²) in [4.78, 5) is 12.9. The van der Waals surface area contributed by atoms with E-state index in [1.165, 1.54) is 17.0 Å². The molecule has 2 rings (SSSR count). The van der Waals surface area contributed by atoms with E-state index < -0.39 is 17.8 Å². The van der Waals surface area contributed by atoms with Gasteiger partial charge in [0.1, 0.15) is 5.75 Å². The van der Waals surface area contributed by atoms with Crippen LogP contribution in [0.25, 0.3) is 0 Å². The van der Waals surface area contributed by atoms with Gasteiger partial charge < -0.3 is 9.64 Å². The van der Waals surface area contributed by atoms with Crippen LogP contribution < -0.4 is 4.74 Å². The first kappa shape index (κ1) is 20.3. The number of hydrogen-bond acceptors (Lipinski definition) is 2. The minimum Gasteiger partial charge on any atom is -0.410 e. The lowest BCUT2D eigenvalue weighted by atomic mass is 10.0. The summed E-state index contributed by atoms with van der Waals surface area (Å²) in [6.45, 7) is 0. The van der Waals surface area contributed by atoms with Crippen molar-refractivity contribution in [2.45, 2.75) is 23.8 Å². The van der Waals surface area contributed by atoms with Gasteiger partial charge in [-0.1, -0.05) is 40.2 Å². The van der Waals surface area contributed by atoms with Crippen LogP contribution in [0.5, 0.6) is 5.75 Å². The number of carbonyl (C=O) groups excluding carboxylic acids is 1. The third-order valence-corrected chi connectivity index (χ3v) is 4.74. The first-order valence-corrected chi connectivity index (χ1v) is 8.87. The molecule has 1 amide bonds. The number of ether oxygens (including phenoxy) is 1. The summed E-state index contributed by atoms with van der Waals surface area (Å²) >= 11 is 3.59. The summed E-state index contributed by atoms with van der Waals surface area (Å²) in [5.41, 5.74) is 1.12. The molecule has 0 heterocycles. The molecule has 0 spiro atoms. The van der Waals surface area contributed by atoms with Crippen LogP contribution in [0.4, 0.5) is 18.0 Å². The first-order valence-electron chi connectivity index (χ1n) is 7.96. The van der Waals surface area contributed by atoms with Crippen LogP contribution in [0, 0.1) is 0 Å². The fourth-order valence-corrected chi connectivity index (χ4v) is 2.80. The Hall–Kier alpha value is -2.02. The Kier molecular flexibility index (Phi) is 6.69. The molecule has 26 heavy (non-hydrogen) atoms. The molecule has 0 saturated heterocycles. The quantitative estimate of drug-likeness (QED) is 0.559. The molecule has 0 aliphatic carbocycles. The number of carbonyl (C=O) groups is 1. The molecule has 2 aromatic carbocycles. The lowest BCUT2D eigenvalue weighted by molar-refractivity contribution is -0.137. The monoisotopic (exact) mass is 429 g/mol. The number of aryl methyl sites for hydroxylation is 1. The van der Waals surface area contributed by atoms with Crippen LogP contribution in [0.1, 0.15) is 27.9 Å². The van der Waals surface area contributed by atoms with Gasteiger partial charge in [0.15, 0.2) is 0 Å². The normalized spacial score (nSPS) is 12.5. The van der Waals surface area contributed by atoms with Crippen molar-refractivity contribution in [3.05, 3.63) is 65.2 Å². The van der Waals surface area contributed by atoms with E-state index >= 15 is 0 Å². The van der Waals surface area contributed by atoms with Crippen molar-refractivity contribution in [3.63, 3.8) is 0 Å². The van der Waals surface area contributed by atoms with Gasteiger partial charge in [-0.25, -0.2) is 4.79 Å². The highest BCUT2D eigenvalue weighted by Crippen LogP contribution is 2.32. The standard InChI is InChI=1S/C19H19BrF3NO2/c1-24(2)18(25)26-16-5-3-4-14(12-16)17(20)11-8-13-6-9-15(10-7-13)19(21,22)23/h3-7,9-10,12,17H,8,11H2,1-2H3. The summed E-state index contributed by atoms with van der Waals surface area (Å²) in [6.07, 6.45) is -3.47. The number of rotatable bonds is 5. The molecule has 140 valence electrons. The molecule has 1 unspecified atom stereocenters. The maximum absolute atomic E-state index is 12.6. The smallest absolute Gasteiger partial charge is 0.410 e. The maximum atomic E-state index is 12.6. The van der Waals surface area contributed by atoms with Crippen molar-refractivity contribution in [2.24, 2.45) is 0 Å². The average Bonchev–Trinajstić information content (AvgIpc) is 2.59. The molecule has 0 aliphatic heterocycles. The van der Waals surface area contributed by atoms with Gasteiger partial charge in [-0.2, -0.15) is 13.2 Å². The van der Waals surface area contributed by atoms with Crippen molar-refractivity contribution in [2.75, 3.05) is 14.1 Å². The van der Waals surface area contributed by atoms with Crippen LogP contribution in [-0.2, 0) is 12.6 Å². The van der Waals surface area contributed by atoms with E-state index in [9.17, 15) is 18.0 Å². The van der Waals surface area contributed by atoms with Gasteiger partial charge in [0.2, 0.25) is 0 Å². The molecule has 3 nitrogen and oxygen atoms in total. The first-order chi connectivity index (χ1) is 12.2. The molecule has 0 saturated carbocycles. The summed E-state index contributed by atoms with van der Waals surface area (Å²) in [5.74, 6) is 0.445. The number of amides is 1. The van der Waals surface area contributed by atoms with Crippen molar-refractivity contribution in [1.29, 1.82) is 0 Å². The number of nitrogens with zero attached hydrogens (tertiary/aromatic N) is 1. The topological polar surface area (TPSA) is 29.5 Å². The number of benzene rings is 2. The molecule has 2 aromatic rings. The van der Waals surface area contributed by atoms with E-state index in [2.05, 4.69) is 15.9 Å². The van der Waals surface area contributed by atoms with E-state index in [1.54, 1.807) is 32.3 Å². The molecule has 0 fully saturated rings. The zero-order chi connectivity index (χ0) is 19.3. The summed E-state index contributed by atoms with van der Waals surface area (Å²) in [5, 5.41) is 0. The SMILES string of the molecule is CN(C)C(=O)Oc1cccc(C(Br)CCc2ccc(C(F)(F)F)cc2)c1. The van der Waals surface area contributed by atoms with Crippen molar-refractivity contribution in [1.82, 2.24) is 4.90 Å². The number of hydrogen-bond donors (Lipinski definition) is 0. The molecular formula is C19H19BrF3NO2. The third-order valence-electron chi connectivity index (χ3n) is 3.76. The number of halogens is 4. The van der Waals surface area contributed by atoms with Gasteiger partial charge >= 0.3 is 12.3 Å². The predicted octanol–water partition coefficient (Wildman–Crippen LogP) is 5.83. The van der Waals surface area contributed by atoms with Gasteiger partial charge in [-0.3, -0.25) is 0 Å². The molecule has 0 N–H and O–H groups in total. The fraction of sp³-hybridized carbons (Fsp3) is 0.316.